The fourth-order valence-electron chi connectivity index (χ4n) is 1.85. The van der Waals surface area contributed by atoms with Gasteiger partial charge in [0, 0.05) is 34.6 Å². The molecule has 0 aliphatic rings. The summed E-state index contributed by atoms with van der Waals surface area (Å²) in [7, 11) is 0. The minimum absolute atomic E-state index is 0.0151. The number of pyridine rings is 1. The van der Waals surface area contributed by atoms with Crippen molar-refractivity contribution in [3.05, 3.63) is 63.5 Å². The Morgan fingerprint density at radius 1 is 1.14 bits per heavy atom. The molecule has 1 aromatic carbocycles. The van der Waals surface area contributed by atoms with Crippen molar-refractivity contribution in [1.29, 1.82) is 0 Å². The molecule has 0 aliphatic carbocycles. The number of halogens is 1. The molecule has 0 bridgehead atoms. The quantitative estimate of drug-likeness (QED) is 0.560. The molecule has 0 saturated carbocycles. The molecule has 0 saturated heterocycles. The molecule has 2 aromatic rings. The van der Waals surface area contributed by atoms with Gasteiger partial charge in [0.2, 0.25) is 0 Å². The second-order valence-corrected chi connectivity index (χ2v) is 5.90. The van der Waals surface area contributed by atoms with E-state index in [2.05, 4.69) is 38.2 Å². The first kappa shape index (κ1) is 15.9. The summed E-state index contributed by atoms with van der Waals surface area (Å²) >= 11 is 2.22. The summed E-state index contributed by atoms with van der Waals surface area (Å²) in [5.41, 5.74) is 1.87. The van der Waals surface area contributed by atoms with Crippen molar-refractivity contribution in [3.63, 3.8) is 0 Å². The van der Waals surface area contributed by atoms with Gasteiger partial charge in [0.15, 0.2) is 0 Å². The number of hydrogen-bond acceptors (Lipinski definition) is 3. The number of hydrogen-bond donors (Lipinski definition) is 2. The van der Waals surface area contributed by atoms with Crippen LogP contribution in [0.5, 0.6) is 0 Å². The zero-order chi connectivity index (χ0) is 14.9. The van der Waals surface area contributed by atoms with Crippen LogP contribution in [0.3, 0.4) is 0 Å². The molecule has 0 fully saturated rings. The Balaban J connectivity index is 1.59. The summed E-state index contributed by atoms with van der Waals surface area (Å²) in [4.78, 5) is 15.9. The van der Waals surface area contributed by atoms with Crippen LogP contribution < -0.4 is 10.6 Å². The average molecular weight is 395 g/mol. The highest BCUT2D eigenvalue weighted by molar-refractivity contribution is 14.1. The number of amides is 1. The SMILES string of the molecule is O=C(NCCCNCc1cccnc1)c1ccc(I)cc1. The predicted molar refractivity (Wildman–Crippen MR) is 92.1 cm³/mol. The molecule has 0 unspecified atom stereocenters. The number of aromatic nitrogens is 1. The molecule has 0 aliphatic heterocycles. The molecule has 110 valence electrons. The van der Waals surface area contributed by atoms with Crippen molar-refractivity contribution in [2.24, 2.45) is 0 Å². The van der Waals surface area contributed by atoms with Crippen LogP contribution in [-0.4, -0.2) is 24.0 Å². The molecule has 1 aromatic heterocycles. The van der Waals surface area contributed by atoms with Gasteiger partial charge in [-0.2, -0.15) is 0 Å². The summed E-state index contributed by atoms with van der Waals surface area (Å²) in [6, 6.07) is 11.5. The minimum atomic E-state index is -0.0151. The van der Waals surface area contributed by atoms with E-state index in [0.717, 1.165) is 23.1 Å². The first-order valence-electron chi connectivity index (χ1n) is 6.89. The molecule has 2 N–H and O–H groups in total. The highest BCUT2D eigenvalue weighted by atomic mass is 127. The van der Waals surface area contributed by atoms with Gasteiger partial charge in [-0.25, -0.2) is 0 Å². The van der Waals surface area contributed by atoms with E-state index in [1.54, 1.807) is 6.20 Å². The number of nitrogens with one attached hydrogen (secondary N) is 2. The smallest absolute Gasteiger partial charge is 0.251 e. The maximum Gasteiger partial charge on any atom is 0.251 e. The highest BCUT2D eigenvalue weighted by Gasteiger charge is 2.03. The van der Waals surface area contributed by atoms with E-state index in [1.165, 1.54) is 5.56 Å². The van der Waals surface area contributed by atoms with E-state index in [4.69, 9.17) is 0 Å². The summed E-state index contributed by atoms with van der Waals surface area (Å²) in [5.74, 6) is -0.0151. The van der Waals surface area contributed by atoms with Crippen LogP contribution >= 0.6 is 22.6 Å². The molecule has 5 heteroatoms. The summed E-state index contributed by atoms with van der Waals surface area (Å²) in [5, 5.41) is 6.25. The second kappa shape index (κ2) is 8.74. The molecule has 0 atom stereocenters. The Morgan fingerprint density at radius 2 is 1.95 bits per heavy atom. The van der Waals surface area contributed by atoms with E-state index < -0.39 is 0 Å². The van der Waals surface area contributed by atoms with E-state index >= 15 is 0 Å². The van der Waals surface area contributed by atoms with Gasteiger partial charge in [-0.3, -0.25) is 9.78 Å². The number of benzene rings is 1. The number of carbonyl (C=O) groups is 1. The Labute approximate surface area is 138 Å². The van der Waals surface area contributed by atoms with E-state index in [-0.39, 0.29) is 5.91 Å². The van der Waals surface area contributed by atoms with Crippen molar-refractivity contribution >= 4 is 28.5 Å². The van der Waals surface area contributed by atoms with Crippen molar-refractivity contribution in [3.8, 4) is 0 Å². The van der Waals surface area contributed by atoms with Crippen molar-refractivity contribution < 1.29 is 4.79 Å². The van der Waals surface area contributed by atoms with Crippen LogP contribution in [0, 0.1) is 3.57 Å². The average Bonchev–Trinajstić information content (AvgIpc) is 2.52. The maximum atomic E-state index is 11.9. The third-order valence-corrected chi connectivity index (χ3v) is 3.69. The lowest BCUT2D eigenvalue weighted by Crippen LogP contribution is -2.27. The van der Waals surface area contributed by atoms with Crippen LogP contribution in [0.15, 0.2) is 48.8 Å². The van der Waals surface area contributed by atoms with Crippen molar-refractivity contribution in [2.75, 3.05) is 13.1 Å². The summed E-state index contributed by atoms with van der Waals surface area (Å²) < 4.78 is 1.13. The molecular weight excluding hydrogens is 377 g/mol. The largest absolute Gasteiger partial charge is 0.352 e. The van der Waals surface area contributed by atoms with Gasteiger partial charge in [-0.05, 0) is 71.5 Å². The maximum absolute atomic E-state index is 11.9. The number of carbonyl (C=O) groups excluding carboxylic acids is 1. The zero-order valence-corrected chi connectivity index (χ0v) is 13.8. The lowest BCUT2D eigenvalue weighted by molar-refractivity contribution is 0.0953. The summed E-state index contributed by atoms with van der Waals surface area (Å²) in [6.45, 7) is 2.34. The Bertz CT molecular complexity index is 557. The first-order valence-corrected chi connectivity index (χ1v) is 7.97. The van der Waals surface area contributed by atoms with Gasteiger partial charge in [0.05, 0.1) is 0 Å². The topological polar surface area (TPSA) is 54.0 Å². The van der Waals surface area contributed by atoms with Gasteiger partial charge in [0.1, 0.15) is 0 Å². The van der Waals surface area contributed by atoms with E-state index in [9.17, 15) is 4.79 Å². The Morgan fingerprint density at radius 3 is 2.67 bits per heavy atom. The lowest BCUT2D eigenvalue weighted by atomic mass is 10.2. The highest BCUT2D eigenvalue weighted by Crippen LogP contribution is 2.06. The van der Waals surface area contributed by atoms with Crippen LogP contribution in [0.25, 0.3) is 0 Å². The number of nitrogens with zero attached hydrogens (tertiary/aromatic N) is 1. The van der Waals surface area contributed by atoms with E-state index in [1.807, 2.05) is 42.6 Å². The fourth-order valence-corrected chi connectivity index (χ4v) is 2.21. The monoisotopic (exact) mass is 395 g/mol. The predicted octanol–water partition coefficient (Wildman–Crippen LogP) is 2.60. The summed E-state index contributed by atoms with van der Waals surface area (Å²) in [6.07, 6.45) is 4.52. The van der Waals surface area contributed by atoms with Gasteiger partial charge < -0.3 is 10.6 Å². The molecule has 1 heterocycles. The molecule has 1 amide bonds. The Hall–Kier alpha value is -1.47. The molecule has 0 radical (unpaired) electrons. The van der Waals surface area contributed by atoms with Crippen LogP contribution in [0.4, 0.5) is 0 Å². The van der Waals surface area contributed by atoms with Gasteiger partial charge >= 0.3 is 0 Å². The van der Waals surface area contributed by atoms with Crippen molar-refractivity contribution in [2.45, 2.75) is 13.0 Å². The van der Waals surface area contributed by atoms with Crippen LogP contribution in [0.1, 0.15) is 22.3 Å². The fraction of sp³-hybridized carbons (Fsp3) is 0.250. The van der Waals surface area contributed by atoms with Crippen LogP contribution in [-0.2, 0) is 6.54 Å². The first-order chi connectivity index (χ1) is 10.3. The Kier molecular flexibility index (Phi) is 6.62. The third-order valence-electron chi connectivity index (χ3n) is 2.97. The molecule has 4 nitrogen and oxygen atoms in total. The second-order valence-electron chi connectivity index (χ2n) is 4.65. The standard InChI is InChI=1S/C16H18IN3O/c17-15-6-4-14(5-7-15)16(21)20-10-2-9-19-12-13-3-1-8-18-11-13/h1,3-8,11,19H,2,9-10,12H2,(H,20,21). The zero-order valence-electron chi connectivity index (χ0n) is 11.7. The molecular formula is C16H18IN3O. The van der Waals surface area contributed by atoms with Gasteiger partial charge in [-0.15, -0.1) is 0 Å². The van der Waals surface area contributed by atoms with Crippen LogP contribution in [0.2, 0.25) is 0 Å². The third kappa shape index (κ3) is 5.81. The normalized spacial score (nSPS) is 10.3. The molecule has 2 rings (SSSR count). The van der Waals surface area contributed by atoms with Gasteiger partial charge in [0.25, 0.3) is 5.91 Å². The van der Waals surface area contributed by atoms with Crippen molar-refractivity contribution in [1.82, 2.24) is 15.6 Å². The lowest BCUT2D eigenvalue weighted by Gasteiger charge is -2.07. The van der Waals surface area contributed by atoms with E-state index in [0.29, 0.717) is 12.1 Å². The minimum Gasteiger partial charge on any atom is -0.352 e. The molecule has 0 spiro atoms. The number of rotatable bonds is 7. The molecule has 21 heavy (non-hydrogen) atoms. The van der Waals surface area contributed by atoms with Gasteiger partial charge in [-0.1, -0.05) is 6.07 Å².